The Morgan fingerprint density at radius 1 is 1.39 bits per heavy atom. The molecule has 0 saturated carbocycles. The number of hydrogen-bond donors (Lipinski definition) is 2. The van der Waals surface area contributed by atoms with Gasteiger partial charge in [-0.2, -0.15) is 0 Å². The molecule has 0 spiro atoms. The lowest BCUT2D eigenvalue weighted by Gasteiger charge is -2.29. The Labute approximate surface area is 158 Å². The molecule has 2 aromatic rings. The minimum atomic E-state index is -0.185. The van der Waals surface area contributed by atoms with Crippen LogP contribution in [0.25, 0.3) is 11.0 Å². The molecule has 0 amide bonds. The van der Waals surface area contributed by atoms with E-state index in [1.807, 2.05) is 6.33 Å². The van der Waals surface area contributed by atoms with Gasteiger partial charge in [0.25, 0.3) is 0 Å². The third kappa shape index (κ3) is 4.83. The molecule has 0 radical (unpaired) electrons. The molecule has 130 valence electrons. The maximum atomic E-state index is 9.98. The van der Waals surface area contributed by atoms with Gasteiger partial charge in [0, 0.05) is 17.1 Å². The number of fused-ring (bicyclic) bond motifs is 1. The molecule has 1 aromatic heterocycles. The number of imidazole rings is 1. The van der Waals surface area contributed by atoms with Crippen molar-refractivity contribution in [2.45, 2.75) is 51.3 Å². The van der Waals surface area contributed by atoms with E-state index >= 15 is 0 Å². The van der Waals surface area contributed by atoms with Crippen molar-refractivity contribution in [3.63, 3.8) is 0 Å². The molecule has 2 atom stereocenters. The predicted octanol–water partition coefficient (Wildman–Crippen LogP) is 3.84. The Balaban J connectivity index is 0.00000132. The van der Waals surface area contributed by atoms with Crippen LogP contribution in [0.5, 0.6) is 0 Å². The highest BCUT2D eigenvalue weighted by Gasteiger charge is 2.21. The maximum absolute atomic E-state index is 9.98. The van der Waals surface area contributed by atoms with Crippen LogP contribution in [0, 0.1) is 6.92 Å². The van der Waals surface area contributed by atoms with Crippen molar-refractivity contribution in [3.8, 4) is 0 Å². The summed E-state index contributed by atoms with van der Waals surface area (Å²) in [5, 5.41) is 13.4. The largest absolute Gasteiger partial charge is 0.392 e. The minimum Gasteiger partial charge on any atom is -0.392 e. The average Bonchev–Trinajstić information content (AvgIpc) is 2.84. The normalized spacial score (nSPS) is 20.8. The second-order valence-corrected chi connectivity index (χ2v) is 6.86. The fourth-order valence-electron chi connectivity index (χ4n) is 3.18. The monoisotopic (exact) mass is 423 g/mol. The molecule has 1 aliphatic rings. The zero-order chi connectivity index (χ0) is 14.8. The quantitative estimate of drug-likeness (QED) is 0.783. The van der Waals surface area contributed by atoms with E-state index in [0.717, 1.165) is 48.8 Å². The molecule has 3 rings (SSSR count). The van der Waals surface area contributed by atoms with Crippen molar-refractivity contribution in [2.75, 3.05) is 6.54 Å². The highest BCUT2D eigenvalue weighted by Crippen LogP contribution is 2.23. The van der Waals surface area contributed by atoms with Crippen LogP contribution in [0.4, 0.5) is 0 Å². The summed E-state index contributed by atoms with van der Waals surface area (Å²) in [6, 6.07) is 4.48. The molecule has 0 bridgehead atoms. The minimum absolute atomic E-state index is 0. The summed E-state index contributed by atoms with van der Waals surface area (Å²) in [4.78, 5) is 4.52. The molecule has 1 aromatic carbocycles. The Morgan fingerprint density at radius 3 is 2.91 bits per heavy atom. The number of nitrogens with one attached hydrogen (secondary N) is 1. The third-order valence-corrected chi connectivity index (χ3v) is 4.80. The fourth-order valence-corrected chi connectivity index (χ4v) is 3.74. The van der Waals surface area contributed by atoms with Crippen LogP contribution in [-0.4, -0.2) is 33.3 Å². The van der Waals surface area contributed by atoms with Crippen LogP contribution in [0.2, 0.25) is 0 Å². The van der Waals surface area contributed by atoms with Crippen LogP contribution in [0.1, 0.15) is 31.2 Å². The number of rotatable bonds is 4. The summed E-state index contributed by atoms with van der Waals surface area (Å²) in [5.41, 5.74) is 3.45. The van der Waals surface area contributed by atoms with Gasteiger partial charge in [-0.05, 0) is 56.8 Å². The van der Waals surface area contributed by atoms with Crippen molar-refractivity contribution in [3.05, 3.63) is 28.5 Å². The van der Waals surface area contributed by atoms with Crippen molar-refractivity contribution in [2.24, 2.45) is 0 Å². The summed E-state index contributed by atoms with van der Waals surface area (Å²) in [6.45, 7) is 4.06. The van der Waals surface area contributed by atoms with Crippen LogP contribution in [0.15, 0.2) is 22.9 Å². The summed E-state index contributed by atoms with van der Waals surface area (Å²) >= 11 is 3.56. The summed E-state index contributed by atoms with van der Waals surface area (Å²) in [5.74, 6) is 0. The number of piperidine rings is 1. The number of aliphatic hydroxyl groups is 1. The first kappa shape index (κ1) is 20.7. The smallest absolute Gasteiger partial charge is 0.0958 e. The standard InChI is InChI=1S/C16H22BrN3O.2ClH/c1-11-8-12(17)9-14-16(11)19-10-20(14)7-3-4-13-15(21)5-2-6-18-13;;/h8-10,13,15,18,21H,2-7H2,1H3;2*1H/t13-,15+;;/m1../s1. The molecule has 2 N–H and O–H groups in total. The zero-order valence-electron chi connectivity index (χ0n) is 13.2. The molecule has 1 aliphatic heterocycles. The van der Waals surface area contributed by atoms with E-state index < -0.39 is 0 Å². The van der Waals surface area contributed by atoms with Gasteiger partial charge >= 0.3 is 0 Å². The Hall–Kier alpha value is -0.330. The highest BCUT2D eigenvalue weighted by atomic mass is 79.9. The molecule has 0 unspecified atom stereocenters. The van der Waals surface area contributed by atoms with E-state index in [9.17, 15) is 5.11 Å². The van der Waals surface area contributed by atoms with Crippen LogP contribution in [0.3, 0.4) is 0 Å². The lowest BCUT2D eigenvalue weighted by atomic mass is 9.97. The number of aromatic nitrogens is 2. The lowest BCUT2D eigenvalue weighted by molar-refractivity contribution is 0.0909. The third-order valence-electron chi connectivity index (χ3n) is 4.34. The van der Waals surface area contributed by atoms with E-state index in [0.29, 0.717) is 0 Å². The van der Waals surface area contributed by atoms with Gasteiger partial charge in [-0.15, -0.1) is 24.8 Å². The lowest BCUT2D eigenvalue weighted by Crippen LogP contribution is -2.44. The topological polar surface area (TPSA) is 50.1 Å². The summed E-state index contributed by atoms with van der Waals surface area (Å²) in [7, 11) is 0. The Morgan fingerprint density at radius 2 is 2.17 bits per heavy atom. The van der Waals surface area contributed by atoms with Crippen molar-refractivity contribution < 1.29 is 5.11 Å². The Kier molecular flexibility index (Phi) is 8.31. The van der Waals surface area contributed by atoms with Gasteiger partial charge in [-0.1, -0.05) is 15.9 Å². The van der Waals surface area contributed by atoms with Gasteiger partial charge in [-0.3, -0.25) is 0 Å². The predicted molar refractivity (Wildman–Crippen MR) is 103 cm³/mol. The van der Waals surface area contributed by atoms with E-state index in [1.165, 1.54) is 11.1 Å². The molecular formula is C16H24BrCl2N3O. The zero-order valence-corrected chi connectivity index (χ0v) is 16.4. The van der Waals surface area contributed by atoms with Crippen LogP contribution in [-0.2, 0) is 6.54 Å². The van der Waals surface area contributed by atoms with Gasteiger partial charge in [-0.25, -0.2) is 4.98 Å². The van der Waals surface area contributed by atoms with Gasteiger partial charge < -0.3 is 15.0 Å². The van der Waals surface area contributed by atoms with Crippen LogP contribution >= 0.6 is 40.7 Å². The second kappa shape index (κ2) is 9.23. The maximum Gasteiger partial charge on any atom is 0.0958 e. The second-order valence-electron chi connectivity index (χ2n) is 5.94. The molecule has 0 aliphatic carbocycles. The van der Waals surface area contributed by atoms with E-state index in [2.05, 4.69) is 49.9 Å². The first-order valence-electron chi connectivity index (χ1n) is 7.67. The fraction of sp³-hybridized carbons (Fsp3) is 0.562. The summed E-state index contributed by atoms with van der Waals surface area (Å²) in [6.07, 6.45) is 5.80. The van der Waals surface area contributed by atoms with Gasteiger partial charge in [0.1, 0.15) is 0 Å². The van der Waals surface area contributed by atoms with Crippen molar-refractivity contribution in [1.29, 1.82) is 0 Å². The molecule has 1 fully saturated rings. The average molecular weight is 425 g/mol. The Bertz CT molecular complexity index is 635. The van der Waals surface area contributed by atoms with Gasteiger partial charge in [0.15, 0.2) is 0 Å². The van der Waals surface area contributed by atoms with E-state index in [-0.39, 0.29) is 37.0 Å². The van der Waals surface area contributed by atoms with Crippen LogP contribution < -0.4 is 5.32 Å². The highest BCUT2D eigenvalue weighted by molar-refractivity contribution is 9.10. The first-order valence-corrected chi connectivity index (χ1v) is 8.47. The van der Waals surface area contributed by atoms with E-state index in [4.69, 9.17) is 0 Å². The molecule has 4 nitrogen and oxygen atoms in total. The number of aryl methyl sites for hydroxylation is 2. The van der Waals surface area contributed by atoms with Crippen molar-refractivity contribution >= 4 is 51.8 Å². The van der Waals surface area contributed by atoms with E-state index in [1.54, 1.807) is 0 Å². The molecule has 23 heavy (non-hydrogen) atoms. The molecule has 7 heteroatoms. The number of hydrogen-bond acceptors (Lipinski definition) is 3. The van der Waals surface area contributed by atoms with Crippen molar-refractivity contribution in [1.82, 2.24) is 14.9 Å². The van der Waals surface area contributed by atoms with Gasteiger partial charge in [0.2, 0.25) is 0 Å². The number of halogens is 3. The number of nitrogens with zero attached hydrogens (tertiary/aromatic N) is 2. The van der Waals surface area contributed by atoms with Gasteiger partial charge in [0.05, 0.1) is 23.5 Å². The number of aliphatic hydroxyl groups excluding tert-OH is 1. The SMILES string of the molecule is Cc1cc(Br)cc2c1ncn2CCC[C@H]1NCCC[C@@H]1O.Cl.Cl. The number of benzene rings is 1. The summed E-state index contributed by atoms with van der Waals surface area (Å²) < 4.78 is 3.31. The first-order chi connectivity index (χ1) is 10.1. The molecule has 1 saturated heterocycles. The molecule has 2 heterocycles. The molecular weight excluding hydrogens is 401 g/mol.